The van der Waals surface area contributed by atoms with Crippen LogP contribution < -0.4 is 11.1 Å². The Morgan fingerprint density at radius 2 is 2.06 bits per heavy atom. The van der Waals surface area contributed by atoms with Gasteiger partial charge >= 0.3 is 5.97 Å². The molecule has 1 aromatic rings. The quantitative estimate of drug-likeness (QED) is 0.699. The Morgan fingerprint density at radius 1 is 1.44 bits per heavy atom. The molecular weight excluding hydrogens is 215 g/mol. The fourth-order valence-corrected chi connectivity index (χ4v) is 1.07. The molecule has 0 heterocycles. The third-order valence-electron chi connectivity index (χ3n) is 1.86. The number of carboxylic acids is 1. The molecule has 0 aliphatic rings. The molecule has 0 radical (unpaired) electrons. The average Bonchev–Trinajstić information content (AvgIpc) is 2.20. The highest BCUT2D eigenvalue weighted by Gasteiger charge is 2.17. The molecule has 0 bridgehead atoms. The Bertz CT molecular complexity index is 409. The number of carbonyl (C=O) groups excluding carboxylic acids is 1. The number of benzene rings is 1. The van der Waals surface area contributed by atoms with Crippen LogP contribution in [0.3, 0.4) is 0 Å². The number of aliphatic carboxylic acids is 1. The number of rotatable bonds is 4. The largest absolute Gasteiger partial charge is 0.481 e. The van der Waals surface area contributed by atoms with Gasteiger partial charge in [-0.2, -0.15) is 0 Å². The van der Waals surface area contributed by atoms with Gasteiger partial charge in [-0.15, -0.1) is 0 Å². The summed E-state index contributed by atoms with van der Waals surface area (Å²) in [6.45, 7) is 0. The first kappa shape index (κ1) is 12.1. The van der Waals surface area contributed by atoms with Crippen molar-refractivity contribution < 1.29 is 19.1 Å². The first-order chi connectivity index (χ1) is 7.50. The maximum absolute atomic E-state index is 13.1. The maximum atomic E-state index is 13.1. The zero-order valence-electron chi connectivity index (χ0n) is 8.31. The molecule has 4 N–H and O–H groups in total. The van der Waals surface area contributed by atoms with Crippen molar-refractivity contribution in [3.63, 3.8) is 0 Å². The summed E-state index contributed by atoms with van der Waals surface area (Å²) in [5.41, 5.74) is 5.28. The summed E-state index contributed by atoms with van der Waals surface area (Å²) in [7, 11) is 0. The topological polar surface area (TPSA) is 92.4 Å². The van der Waals surface area contributed by atoms with Crippen LogP contribution in [-0.2, 0) is 9.59 Å². The van der Waals surface area contributed by atoms with Gasteiger partial charge in [0.1, 0.15) is 5.82 Å². The standard InChI is InChI=1S/C10H11FN2O3/c11-6-3-1-2-4-8(6)13-10(16)7(12)5-9(14)15/h1-4,7H,5,12H2,(H,13,16)(H,14,15). The number of amides is 1. The molecule has 5 nitrogen and oxygen atoms in total. The minimum Gasteiger partial charge on any atom is -0.481 e. The van der Waals surface area contributed by atoms with Gasteiger partial charge in [-0.1, -0.05) is 12.1 Å². The van der Waals surface area contributed by atoms with Crippen LogP contribution in [0.2, 0.25) is 0 Å². The van der Waals surface area contributed by atoms with Gasteiger partial charge in [0, 0.05) is 0 Å². The third kappa shape index (κ3) is 3.32. The molecule has 1 amide bonds. The number of para-hydroxylation sites is 1. The highest BCUT2D eigenvalue weighted by molar-refractivity contribution is 5.96. The summed E-state index contributed by atoms with van der Waals surface area (Å²) >= 11 is 0. The van der Waals surface area contributed by atoms with E-state index in [0.29, 0.717) is 0 Å². The average molecular weight is 226 g/mol. The van der Waals surface area contributed by atoms with Gasteiger partial charge in [-0.3, -0.25) is 9.59 Å². The van der Waals surface area contributed by atoms with E-state index in [0.717, 1.165) is 0 Å². The highest BCUT2D eigenvalue weighted by Crippen LogP contribution is 2.12. The van der Waals surface area contributed by atoms with E-state index in [1.807, 2.05) is 0 Å². The van der Waals surface area contributed by atoms with E-state index in [9.17, 15) is 14.0 Å². The second-order valence-electron chi connectivity index (χ2n) is 3.17. The number of hydrogen-bond acceptors (Lipinski definition) is 3. The molecule has 0 spiro atoms. The smallest absolute Gasteiger partial charge is 0.305 e. The number of anilines is 1. The first-order valence-electron chi connectivity index (χ1n) is 4.53. The Balaban J connectivity index is 2.64. The Morgan fingerprint density at radius 3 is 2.62 bits per heavy atom. The lowest BCUT2D eigenvalue weighted by molar-refractivity contribution is -0.138. The Hall–Kier alpha value is -1.95. The summed E-state index contributed by atoms with van der Waals surface area (Å²) < 4.78 is 13.1. The summed E-state index contributed by atoms with van der Waals surface area (Å²) in [6, 6.07) is 4.36. The maximum Gasteiger partial charge on any atom is 0.305 e. The zero-order chi connectivity index (χ0) is 12.1. The van der Waals surface area contributed by atoms with Crippen LogP contribution in [0.5, 0.6) is 0 Å². The van der Waals surface area contributed by atoms with Crippen LogP contribution in [0.25, 0.3) is 0 Å². The summed E-state index contributed by atoms with van der Waals surface area (Å²) in [5.74, 6) is -2.51. The normalized spacial score (nSPS) is 11.9. The Kier molecular flexibility index (Phi) is 3.96. The number of nitrogens with one attached hydrogen (secondary N) is 1. The lowest BCUT2D eigenvalue weighted by Crippen LogP contribution is -2.37. The van der Waals surface area contributed by atoms with E-state index in [1.165, 1.54) is 18.2 Å². The second kappa shape index (κ2) is 5.22. The summed E-state index contributed by atoms with van der Waals surface area (Å²) in [5, 5.41) is 10.6. The van der Waals surface area contributed by atoms with Gasteiger partial charge in [0.2, 0.25) is 5.91 Å². The number of hydrogen-bond donors (Lipinski definition) is 3. The second-order valence-corrected chi connectivity index (χ2v) is 3.17. The summed E-state index contributed by atoms with van der Waals surface area (Å²) in [4.78, 5) is 21.6. The van der Waals surface area contributed by atoms with Crippen molar-refractivity contribution in [3.8, 4) is 0 Å². The van der Waals surface area contributed by atoms with E-state index >= 15 is 0 Å². The molecule has 1 rings (SSSR count). The first-order valence-corrected chi connectivity index (χ1v) is 4.53. The number of carbonyl (C=O) groups is 2. The predicted molar refractivity (Wildman–Crippen MR) is 55.3 cm³/mol. The van der Waals surface area contributed by atoms with Crippen LogP contribution in [0.15, 0.2) is 24.3 Å². The highest BCUT2D eigenvalue weighted by atomic mass is 19.1. The number of carboxylic acid groups (broad SMARTS) is 1. The monoisotopic (exact) mass is 226 g/mol. The minimum absolute atomic E-state index is 0.0201. The van der Waals surface area contributed by atoms with Gasteiger partial charge in [0.05, 0.1) is 18.2 Å². The van der Waals surface area contributed by atoms with Crippen LogP contribution in [0.1, 0.15) is 6.42 Å². The molecule has 0 aromatic heterocycles. The van der Waals surface area contributed by atoms with Crippen LogP contribution in [0.4, 0.5) is 10.1 Å². The van der Waals surface area contributed by atoms with Crippen molar-refractivity contribution in [1.29, 1.82) is 0 Å². The van der Waals surface area contributed by atoms with Crippen LogP contribution in [-0.4, -0.2) is 23.0 Å². The summed E-state index contributed by atoms with van der Waals surface area (Å²) in [6.07, 6.45) is -0.500. The zero-order valence-corrected chi connectivity index (χ0v) is 8.31. The van der Waals surface area contributed by atoms with Gasteiger partial charge < -0.3 is 16.2 Å². The molecule has 1 atom stereocenters. The molecule has 0 aliphatic carbocycles. The molecule has 86 valence electrons. The SMILES string of the molecule is NC(CC(=O)O)C(=O)Nc1ccccc1F. The number of nitrogens with two attached hydrogens (primary N) is 1. The van der Waals surface area contributed by atoms with E-state index in [2.05, 4.69) is 5.32 Å². The van der Waals surface area contributed by atoms with E-state index in [1.54, 1.807) is 6.07 Å². The Labute approximate surface area is 91.1 Å². The van der Waals surface area contributed by atoms with Crippen molar-refractivity contribution in [2.45, 2.75) is 12.5 Å². The lowest BCUT2D eigenvalue weighted by atomic mass is 10.2. The van der Waals surface area contributed by atoms with Gasteiger partial charge in [-0.05, 0) is 12.1 Å². The molecule has 0 saturated carbocycles. The van der Waals surface area contributed by atoms with Gasteiger partial charge in [0.25, 0.3) is 0 Å². The van der Waals surface area contributed by atoms with Crippen molar-refractivity contribution in [2.75, 3.05) is 5.32 Å². The molecule has 1 unspecified atom stereocenters. The number of halogens is 1. The van der Waals surface area contributed by atoms with Crippen molar-refractivity contribution in [1.82, 2.24) is 0 Å². The van der Waals surface area contributed by atoms with Crippen molar-refractivity contribution in [2.24, 2.45) is 5.73 Å². The van der Waals surface area contributed by atoms with Crippen LogP contribution >= 0.6 is 0 Å². The molecule has 0 saturated heterocycles. The van der Waals surface area contributed by atoms with E-state index in [-0.39, 0.29) is 5.69 Å². The molecule has 0 aliphatic heterocycles. The molecule has 16 heavy (non-hydrogen) atoms. The van der Waals surface area contributed by atoms with Crippen molar-refractivity contribution >= 4 is 17.6 Å². The molecule has 1 aromatic carbocycles. The predicted octanol–water partition coefficient (Wildman–Crippen LogP) is 0.566. The third-order valence-corrected chi connectivity index (χ3v) is 1.86. The van der Waals surface area contributed by atoms with Gasteiger partial charge in [-0.25, -0.2) is 4.39 Å². The molecule has 0 fully saturated rings. The van der Waals surface area contributed by atoms with Crippen molar-refractivity contribution in [3.05, 3.63) is 30.1 Å². The van der Waals surface area contributed by atoms with Crippen LogP contribution in [0, 0.1) is 5.82 Å². The van der Waals surface area contributed by atoms with Gasteiger partial charge in [0.15, 0.2) is 0 Å². The molecule has 6 heteroatoms. The lowest BCUT2D eigenvalue weighted by Gasteiger charge is -2.10. The fourth-order valence-electron chi connectivity index (χ4n) is 1.07. The minimum atomic E-state index is -1.20. The van der Waals surface area contributed by atoms with E-state index in [4.69, 9.17) is 10.8 Å². The van der Waals surface area contributed by atoms with E-state index < -0.39 is 30.2 Å². The molecular formula is C10H11FN2O3. The fraction of sp³-hybridized carbons (Fsp3) is 0.200.